The molecular formula is C13H24N2O. The number of carbonyl (C=O) groups excluding carboxylic acids is 1. The van der Waals surface area contributed by atoms with Crippen molar-refractivity contribution in [1.29, 1.82) is 0 Å². The Hall–Kier alpha value is -0.830. The molecule has 1 saturated heterocycles. The van der Waals surface area contributed by atoms with Gasteiger partial charge in [-0.25, -0.2) is 0 Å². The Bertz CT molecular complexity index is 268. The van der Waals surface area contributed by atoms with E-state index < -0.39 is 0 Å². The third kappa shape index (κ3) is 3.08. The van der Waals surface area contributed by atoms with E-state index in [4.69, 9.17) is 0 Å². The molecule has 0 N–H and O–H groups in total. The molecule has 0 aromatic heterocycles. The van der Waals surface area contributed by atoms with Gasteiger partial charge in [-0.1, -0.05) is 6.58 Å². The van der Waals surface area contributed by atoms with Gasteiger partial charge in [0.15, 0.2) is 0 Å². The minimum atomic E-state index is 0.0285. The quantitative estimate of drug-likeness (QED) is 0.669. The Labute approximate surface area is 99.1 Å². The molecule has 1 unspecified atom stereocenters. The molecule has 1 amide bonds. The Morgan fingerprint density at radius 1 is 1.50 bits per heavy atom. The number of likely N-dealkylation sites (N-methyl/N-ethyl adjacent to an activating group) is 1. The molecule has 1 fully saturated rings. The Kier molecular flexibility index (Phi) is 4.14. The molecule has 1 rings (SSSR count). The van der Waals surface area contributed by atoms with Crippen LogP contribution in [0.15, 0.2) is 12.7 Å². The van der Waals surface area contributed by atoms with Crippen LogP contribution in [0.5, 0.6) is 0 Å². The molecule has 3 heteroatoms. The van der Waals surface area contributed by atoms with Gasteiger partial charge in [0.2, 0.25) is 5.91 Å². The lowest BCUT2D eigenvalue weighted by atomic mass is 9.97. The molecular weight excluding hydrogens is 200 g/mol. The Morgan fingerprint density at radius 2 is 2.12 bits per heavy atom. The average molecular weight is 224 g/mol. The van der Waals surface area contributed by atoms with E-state index in [1.165, 1.54) is 6.08 Å². The molecule has 0 saturated carbocycles. The monoisotopic (exact) mass is 224 g/mol. The maximum Gasteiger partial charge on any atom is 0.245 e. The van der Waals surface area contributed by atoms with Gasteiger partial charge in [0.05, 0.1) is 0 Å². The zero-order chi connectivity index (χ0) is 12.3. The van der Waals surface area contributed by atoms with E-state index in [0.717, 1.165) is 25.9 Å². The van der Waals surface area contributed by atoms with Crippen LogP contribution in [0, 0.1) is 0 Å². The highest BCUT2D eigenvalue weighted by Gasteiger charge is 2.30. The topological polar surface area (TPSA) is 23.6 Å². The molecule has 1 aliphatic heterocycles. The SMILES string of the molecule is C=CC(=O)N(C)C1CCCN(C(C)(C)C)C1. The molecule has 0 radical (unpaired) electrons. The van der Waals surface area contributed by atoms with E-state index in [2.05, 4.69) is 32.3 Å². The number of carbonyl (C=O) groups is 1. The average Bonchev–Trinajstić information content (AvgIpc) is 2.26. The van der Waals surface area contributed by atoms with Crippen LogP contribution < -0.4 is 0 Å². The first-order valence-electron chi connectivity index (χ1n) is 6.00. The fourth-order valence-corrected chi connectivity index (χ4v) is 2.20. The second kappa shape index (κ2) is 5.00. The van der Waals surface area contributed by atoms with Gasteiger partial charge in [-0.2, -0.15) is 0 Å². The van der Waals surface area contributed by atoms with E-state index >= 15 is 0 Å². The predicted molar refractivity (Wildman–Crippen MR) is 67.3 cm³/mol. The first-order valence-corrected chi connectivity index (χ1v) is 6.00. The van der Waals surface area contributed by atoms with Crippen molar-refractivity contribution < 1.29 is 4.79 Å². The second-order valence-corrected chi connectivity index (χ2v) is 5.57. The van der Waals surface area contributed by atoms with Crippen molar-refractivity contribution in [1.82, 2.24) is 9.80 Å². The summed E-state index contributed by atoms with van der Waals surface area (Å²) in [4.78, 5) is 15.8. The summed E-state index contributed by atoms with van der Waals surface area (Å²) in [6.45, 7) is 12.3. The number of hydrogen-bond acceptors (Lipinski definition) is 2. The summed E-state index contributed by atoms with van der Waals surface area (Å²) in [5.74, 6) is 0.0285. The number of piperidine rings is 1. The fraction of sp³-hybridized carbons (Fsp3) is 0.769. The van der Waals surface area contributed by atoms with Crippen molar-refractivity contribution in [2.75, 3.05) is 20.1 Å². The van der Waals surface area contributed by atoms with Crippen LogP contribution in [0.1, 0.15) is 33.6 Å². The highest BCUT2D eigenvalue weighted by atomic mass is 16.2. The van der Waals surface area contributed by atoms with Crippen LogP contribution in [0.25, 0.3) is 0 Å². The maximum absolute atomic E-state index is 11.6. The van der Waals surface area contributed by atoms with Crippen LogP contribution in [-0.4, -0.2) is 47.4 Å². The smallest absolute Gasteiger partial charge is 0.245 e. The van der Waals surface area contributed by atoms with Gasteiger partial charge in [0.1, 0.15) is 0 Å². The fourth-order valence-electron chi connectivity index (χ4n) is 2.20. The second-order valence-electron chi connectivity index (χ2n) is 5.57. The van der Waals surface area contributed by atoms with Gasteiger partial charge in [0.25, 0.3) is 0 Å². The first kappa shape index (κ1) is 13.2. The third-order valence-corrected chi connectivity index (χ3v) is 3.42. The van der Waals surface area contributed by atoms with E-state index in [0.29, 0.717) is 6.04 Å². The standard InChI is InChI=1S/C13H24N2O/c1-6-12(16)14(5)11-8-7-9-15(10-11)13(2,3)4/h6,11H,1,7-10H2,2-5H3. The lowest BCUT2D eigenvalue weighted by Gasteiger charge is -2.43. The molecule has 1 heterocycles. The molecule has 0 aliphatic carbocycles. The van der Waals surface area contributed by atoms with Crippen molar-refractivity contribution >= 4 is 5.91 Å². The van der Waals surface area contributed by atoms with Crippen LogP contribution >= 0.6 is 0 Å². The van der Waals surface area contributed by atoms with E-state index in [1.54, 1.807) is 0 Å². The number of rotatable bonds is 2. The molecule has 0 spiro atoms. The summed E-state index contributed by atoms with van der Waals surface area (Å²) in [6.07, 6.45) is 3.66. The van der Waals surface area contributed by atoms with Crippen LogP contribution in [0.4, 0.5) is 0 Å². The zero-order valence-corrected chi connectivity index (χ0v) is 11.0. The highest BCUT2D eigenvalue weighted by molar-refractivity contribution is 5.87. The van der Waals surface area contributed by atoms with E-state index in [9.17, 15) is 4.79 Å². The minimum Gasteiger partial charge on any atom is -0.338 e. The van der Waals surface area contributed by atoms with Crippen LogP contribution in [-0.2, 0) is 4.79 Å². The zero-order valence-electron chi connectivity index (χ0n) is 11.0. The van der Waals surface area contributed by atoms with Crippen LogP contribution in [0.2, 0.25) is 0 Å². The van der Waals surface area contributed by atoms with Gasteiger partial charge >= 0.3 is 0 Å². The lowest BCUT2D eigenvalue weighted by Crippen LogP contribution is -2.53. The molecule has 0 aromatic carbocycles. The maximum atomic E-state index is 11.6. The summed E-state index contributed by atoms with van der Waals surface area (Å²) in [6, 6.07) is 0.332. The normalized spacial score (nSPS) is 22.9. The summed E-state index contributed by atoms with van der Waals surface area (Å²) in [5.41, 5.74) is 0.191. The van der Waals surface area contributed by atoms with Gasteiger partial charge in [-0.05, 0) is 46.2 Å². The van der Waals surface area contributed by atoms with Gasteiger partial charge in [-0.3, -0.25) is 9.69 Å². The number of amides is 1. The third-order valence-electron chi connectivity index (χ3n) is 3.42. The molecule has 1 aliphatic rings. The Morgan fingerprint density at radius 3 is 2.62 bits per heavy atom. The number of hydrogen-bond donors (Lipinski definition) is 0. The molecule has 1 atom stereocenters. The molecule has 16 heavy (non-hydrogen) atoms. The molecule has 92 valence electrons. The van der Waals surface area contributed by atoms with Gasteiger partial charge < -0.3 is 4.90 Å². The highest BCUT2D eigenvalue weighted by Crippen LogP contribution is 2.22. The van der Waals surface area contributed by atoms with Crippen molar-refractivity contribution in [2.45, 2.75) is 45.2 Å². The van der Waals surface area contributed by atoms with Crippen molar-refractivity contribution in [2.24, 2.45) is 0 Å². The van der Waals surface area contributed by atoms with Crippen molar-refractivity contribution in [3.8, 4) is 0 Å². The summed E-state index contributed by atoms with van der Waals surface area (Å²) in [5, 5.41) is 0. The molecule has 3 nitrogen and oxygen atoms in total. The Balaban J connectivity index is 2.63. The van der Waals surface area contributed by atoms with Crippen molar-refractivity contribution in [3.05, 3.63) is 12.7 Å². The molecule has 0 aromatic rings. The summed E-state index contributed by atoms with van der Waals surface area (Å²) < 4.78 is 0. The molecule has 0 bridgehead atoms. The van der Waals surface area contributed by atoms with E-state index in [1.807, 2.05) is 11.9 Å². The lowest BCUT2D eigenvalue weighted by molar-refractivity contribution is -0.128. The number of likely N-dealkylation sites (tertiary alicyclic amines) is 1. The largest absolute Gasteiger partial charge is 0.338 e. The number of nitrogens with zero attached hydrogens (tertiary/aromatic N) is 2. The van der Waals surface area contributed by atoms with Gasteiger partial charge in [0, 0.05) is 25.2 Å². The van der Waals surface area contributed by atoms with E-state index in [-0.39, 0.29) is 11.4 Å². The predicted octanol–water partition coefficient (Wildman–Crippen LogP) is 1.89. The van der Waals surface area contributed by atoms with Crippen molar-refractivity contribution in [3.63, 3.8) is 0 Å². The summed E-state index contributed by atoms with van der Waals surface area (Å²) in [7, 11) is 1.88. The minimum absolute atomic E-state index is 0.0285. The summed E-state index contributed by atoms with van der Waals surface area (Å²) >= 11 is 0. The van der Waals surface area contributed by atoms with Crippen LogP contribution in [0.3, 0.4) is 0 Å². The first-order chi connectivity index (χ1) is 7.36. The van der Waals surface area contributed by atoms with Gasteiger partial charge in [-0.15, -0.1) is 0 Å².